The van der Waals surface area contributed by atoms with Crippen molar-refractivity contribution in [2.45, 2.75) is 70.3 Å². The molecule has 6 heteroatoms. The van der Waals surface area contributed by atoms with E-state index >= 15 is 0 Å². The summed E-state index contributed by atoms with van der Waals surface area (Å²) in [5, 5.41) is 8.89. The number of nitrogens with one attached hydrogen (secondary N) is 1. The highest BCUT2D eigenvalue weighted by atomic mass is 15.4. The van der Waals surface area contributed by atoms with E-state index in [-0.39, 0.29) is 6.04 Å². The molecule has 4 heterocycles. The van der Waals surface area contributed by atoms with E-state index < -0.39 is 0 Å². The molecule has 1 atom stereocenters. The van der Waals surface area contributed by atoms with Crippen molar-refractivity contribution >= 4 is 17.2 Å². The number of rotatable bonds is 1. The molecule has 2 bridgehead atoms. The van der Waals surface area contributed by atoms with Crippen molar-refractivity contribution in [2.75, 3.05) is 38.1 Å². The van der Waals surface area contributed by atoms with E-state index in [1.807, 2.05) is 0 Å². The van der Waals surface area contributed by atoms with Crippen LogP contribution in [0, 0.1) is 6.92 Å². The number of fused-ring (bicyclic) bond motifs is 4. The van der Waals surface area contributed by atoms with Crippen molar-refractivity contribution < 1.29 is 0 Å². The summed E-state index contributed by atoms with van der Waals surface area (Å²) in [6.45, 7) is 10.8. The number of benzene rings is 1. The lowest BCUT2D eigenvalue weighted by atomic mass is 9.83. The van der Waals surface area contributed by atoms with Gasteiger partial charge in [0, 0.05) is 61.7 Å². The van der Waals surface area contributed by atoms with Crippen molar-refractivity contribution in [2.24, 2.45) is 0 Å². The Kier molecular flexibility index (Phi) is 6.46. The van der Waals surface area contributed by atoms with Gasteiger partial charge in [0.05, 0.1) is 11.7 Å². The van der Waals surface area contributed by atoms with E-state index in [1.165, 1.54) is 54.5 Å². The first-order valence-electron chi connectivity index (χ1n) is 14.0. The molecule has 1 unspecified atom stereocenters. The van der Waals surface area contributed by atoms with E-state index in [1.54, 1.807) is 0 Å². The second-order valence-electron chi connectivity index (χ2n) is 11.1. The lowest BCUT2D eigenvalue weighted by Gasteiger charge is -2.38. The Labute approximate surface area is 215 Å². The fraction of sp³-hybridized carbons (Fsp3) is 0.533. The summed E-state index contributed by atoms with van der Waals surface area (Å²) in [5.41, 5.74) is 8.51. The number of aromatic nitrogens is 3. The maximum absolute atomic E-state index is 5.22. The lowest BCUT2D eigenvalue weighted by Crippen LogP contribution is -2.33. The summed E-state index contributed by atoms with van der Waals surface area (Å²) >= 11 is 0. The molecular formula is C30H40N6. The van der Waals surface area contributed by atoms with E-state index in [0.29, 0.717) is 5.92 Å². The first kappa shape index (κ1) is 23.5. The van der Waals surface area contributed by atoms with Gasteiger partial charge in [0.15, 0.2) is 5.65 Å². The molecule has 2 aromatic heterocycles. The molecule has 1 N–H and O–H groups in total. The Morgan fingerprint density at radius 2 is 1.83 bits per heavy atom. The van der Waals surface area contributed by atoms with Crippen LogP contribution in [0.3, 0.4) is 0 Å². The normalized spacial score (nSPS) is 21.9. The van der Waals surface area contributed by atoms with E-state index in [0.717, 1.165) is 68.3 Å². The third kappa shape index (κ3) is 4.40. The van der Waals surface area contributed by atoms with Gasteiger partial charge in [0.25, 0.3) is 0 Å². The molecule has 3 aromatic rings. The Morgan fingerprint density at radius 3 is 2.67 bits per heavy atom. The number of likely N-dealkylation sites (N-methyl/N-ethyl adjacent to an activating group) is 1. The van der Waals surface area contributed by atoms with Gasteiger partial charge in [0.1, 0.15) is 5.82 Å². The molecule has 6 nitrogen and oxygen atoms in total. The SMILES string of the molecule is C=C1c2cc(C)ccc2CCCNCCN(C)c2cc(C3CCC3)nc3cc(nn23)C2CCCCN12. The average Bonchev–Trinajstić information content (AvgIpc) is 3.28. The molecule has 190 valence electrons. The number of hydrogen-bond acceptors (Lipinski definition) is 5. The zero-order valence-electron chi connectivity index (χ0n) is 22.0. The number of hydrogen-bond donors (Lipinski definition) is 1. The summed E-state index contributed by atoms with van der Waals surface area (Å²) < 4.78 is 2.09. The summed E-state index contributed by atoms with van der Waals surface area (Å²) in [5.74, 6) is 1.75. The molecule has 36 heavy (non-hydrogen) atoms. The van der Waals surface area contributed by atoms with Crippen LogP contribution in [0.1, 0.15) is 85.0 Å². The minimum Gasteiger partial charge on any atom is -0.363 e. The topological polar surface area (TPSA) is 48.7 Å². The minimum absolute atomic E-state index is 0.237. The molecule has 0 radical (unpaired) electrons. The van der Waals surface area contributed by atoms with Crippen LogP contribution in [-0.4, -0.2) is 52.7 Å². The summed E-state index contributed by atoms with van der Waals surface area (Å²) in [7, 11) is 2.19. The van der Waals surface area contributed by atoms with Crippen LogP contribution in [0.4, 0.5) is 5.82 Å². The average molecular weight is 485 g/mol. The van der Waals surface area contributed by atoms with Gasteiger partial charge in [-0.05, 0) is 70.0 Å². The molecule has 1 aromatic carbocycles. The van der Waals surface area contributed by atoms with Gasteiger partial charge in [-0.2, -0.15) is 9.61 Å². The largest absolute Gasteiger partial charge is 0.363 e. The van der Waals surface area contributed by atoms with Gasteiger partial charge in [-0.1, -0.05) is 30.7 Å². The summed E-state index contributed by atoms with van der Waals surface area (Å²) in [6, 6.07) is 11.7. The molecule has 3 aliphatic rings. The van der Waals surface area contributed by atoms with Crippen LogP contribution in [0.25, 0.3) is 11.3 Å². The van der Waals surface area contributed by atoms with Crippen LogP contribution in [0.15, 0.2) is 36.9 Å². The van der Waals surface area contributed by atoms with Gasteiger partial charge in [-0.15, -0.1) is 0 Å². The first-order valence-corrected chi connectivity index (χ1v) is 14.0. The van der Waals surface area contributed by atoms with E-state index in [9.17, 15) is 0 Å². The second kappa shape index (κ2) is 9.89. The first-order chi connectivity index (χ1) is 17.6. The lowest BCUT2D eigenvalue weighted by molar-refractivity contribution is 0.226. The molecule has 1 saturated heterocycles. The Bertz CT molecular complexity index is 1260. The Balaban J connectivity index is 1.45. The highest BCUT2D eigenvalue weighted by Crippen LogP contribution is 2.39. The van der Waals surface area contributed by atoms with E-state index in [2.05, 4.69) is 70.5 Å². The summed E-state index contributed by atoms with van der Waals surface area (Å²) in [6.07, 6.45) is 9.55. The van der Waals surface area contributed by atoms with Gasteiger partial charge in [-0.3, -0.25) is 0 Å². The van der Waals surface area contributed by atoms with Crippen LogP contribution < -0.4 is 10.2 Å². The fourth-order valence-electron chi connectivity index (χ4n) is 6.13. The predicted octanol–water partition coefficient (Wildman–Crippen LogP) is 5.48. The van der Waals surface area contributed by atoms with Crippen molar-refractivity contribution in [3.05, 3.63) is 65.0 Å². The molecule has 2 fully saturated rings. The maximum atomic E-state index is 5.22. The fourth-order valence-corrected chi connectivity index (χ4v) is 6.13. The Morgan fingerprint density at radius 1 is 0.944 bits per heavy atom. The second-order valence-corrected chi connectivity index (χ2v) is 11.1. The third-order valence-electron chi connectivity index (χ3n) is 8.55. The smallest absolute Gasteiger partial charge is 0.157 e. The number of piperidine rings is 1. The molecular weight excluding hydrogens is 444 g/mol. The van der Waals surface area contributed by atoms with Gasteiger partial charge >= 0.3 is 0 Å². The van der Waals surface area contributed by atoms with Gasteiger partial charge in [-0.25, -0.2) is 4.98 Å². The molecule has 6 rings (SSSR count). The molecule has 2 aliphatic heterocycles. The maximum Gasteiger partial charge on any atom is 0.157 e. The van der Waals surface area contributed by atoms with Crippen LogP contribution in [-0.2, 0) is 6.42 Å². The molecule has 0 amide bonds. The zero-order valence-corrected chi connectivity index (χ0v) is 22.0. The van der Waals surface area contributed by atoms with Crippen LogP contribution in [0.2, 0.25) is 0 Å². The summed E-state index contributed by atoms with van der Waals surface area (Å²) in [4.78, 5) is 10.0. The monoisotopic (exact) mass is 484 g/mol. The predicted molar refractivity (Wildman–Crippen MR) is 148 cm³/mol. The molecule has 1 saturated carbocycles. The minimum atomic E-state index is 0.237. The highest BCUT2D eigenvalue weighted by Gasteiger charge is 2.30. The van der Waals surface area contributed by atoms with Crippen molar-refractivity contribution in [1.29, 1.82) is 0 Å². The number of anilines is 1. The van der Waals surface area contributed by atoms with Crippen LogP contribution in [0.5, 0.6) is 0 Å². The highest BCUT2D eigenvalue weighted by molar-refractivity contribution is 5.66. The zero-order chi connectivity index (χ0) is 24.6. The molecule has 1 aliphatic carbocycles. The Hall–Kier alpha value is -2.86. The standard InChI is InChI=1S/C30H40N6/c1-21-12-13-23-10-7-14-31-15-17-34(3)30-20-26(24-8-6-9-24)32-29-19-27(33-36(29)30)28-11-4-5-16-35(28)22(2)25(23)18-21/h12-13,18-20,24,28,31H,2,4-11,14-17H2,1,3H3. The number of aryl methyl sites for hydroxylation is 2. The van der Waals surface area contributed by atoms with Gasteiger partial charge < -0.3 is 15.1 Å². The van der Waals surface area contributed by atoms with Crippen molar-refractivity contribution in [1.82, 2.24) is 24.8 Å². The molecule has 0 spiro atoms. The number of nitrogens with zero attached hydrogens (tertiary/aromatic N) is 5. The quantitative estimate of drug-likeness (QED) is 0.496. The van der Waals surface area contributed by atoms with Gasteiger partial charge in [0.2, 0.25) is 0 Å². The third-order valence-corrected chi connectivity index (χ3v) is 8.55. The van der Waals surface area contributed by atoms with E-state index in [4.69, 9.17) is 10.1 Å². The van der Waals surface area contributed by atoms with Crippen molar-refractivity contribution in [3.63, 3.8) is 0 Å². The van der Waals surface area contributed by atoms with Crippen molar-refractivity contribution in [3.8, 4) is 0 Å². The van der Waals surface area contributed by atoms with Crippen LogP contribution >= 0.6 is 0 Å².